The topological polar surface area (TPSA) is 92.3 Å². The maximum atomic E-state index is 13.2. The molecule has 0 fully saturated rings. The van der Waals surface area contributed by atoms with Crippen molar-refractivity contribution in [3.8, 4) is 11.4 Å². The number of nitrogen functional groups attached to an aromatic ring is 1. The standard InChI is InChI=1S/C26H22N4O3/c1-16-12-13-21(32-2)20(14-16)30-24(27)22(26(31)33-15-17-8-4-3-5-9-17)23-25(30)29-19-11-7-6-10-18(19)28-23/h3-14H,15,27H2,1-2H3. The lowest BCUT2D eigenvalue weighted by atomic mass is 10.2. The van der Waals surface area contributed by atoms with Crippen LogP contribution in [0.5, 0.6) is 5.75 Å². The number of hydrogen-bond acceptors (Lipinski definition) is 6. The molecule has 0 aliphatic heterocycles. The van der Waals surface area contributed by atoms with Gasteiger partial charge in [0.05, 0.1) is 23.8 Å². The van der Waals surface area contributed by atoms with Gasteiger partial charge < -0.3 is 15.2 Å². The van der Waals surface area contributed by atoms with Gasteiger partial charge in [0, 0.05) is 0 Å². The first-order valence-corrected chi connectivity index (χ1v) is 10.5. The summed E-state index contributed by atoms with van der Waals surface area (Å²) in [5.74, 6) is 0.238. The molecule has 2 N–H and O–H groups in total. The van der Waals surface area contributed by atoms with Crippen molar-refractivity contribution in [1.82, 2.24) is 14.5 Å². The molecule has 3 aromatic carbocycles. The minimum absolute atomic E-state index is 0.126. The number of hydrogen-bond donors (Lipinski definition) is 1. The Labute approximate surface area is 190 Å². The Bertz CT molecular complexity index is 1490. The number of aromatic nitrogens is 3. The van der Waals surface area contributed by atoms with Crippen LogP contribution in [-0.2, 0) is 11.3 Å². The van der Waals surface area contributed by atoms with E-state index in [4.69, 9.17) is 25.2 Å². The predicted molar refractivity (Wildman–Crippen MR) is 128 cm³/mol. The molecule has 0 aliphatic rings. The molecule has 0 saturated carbocycles. The first-order valence-electron chi connectivity index (χ1n) is 10.5. The van der Waals surface area contributed by atoms with E-state index in [0.29, 0.717) is 33.6 Å². The first-order chi connectivity index (χ1) is 16.1. The van der Waals surface area contributed by atoms with Gasteiger partial charge in [0.15, 0.2) is 5.65 Å². The van der Waals surface area contributed by atoms with Crippen LogP contribution in [0.15, 0.2) is 72.8 Å². The van der Waals surface area contributed by atoms with E-state index in [9.17, 15) is 4.79 Å². The molecule has 0 bridgehead atoms. The Hall–Kier alpha value is -4.39. The van der Waals surface area contributed by atoms with Crippen LogP contribution < -0.4 is 10.5 Å². The SMILES string of the molecule is COc1ccc(C)cc1-n1c(N)c(C(=O)OCc2ccccc2)c2nc3ccccc3nc21. The highest BCUT2D eigenvalue weighted by molar-refractivity contribution is 6.09. The zero-order valence-electron chi connectivity index (χ0n) is 18.3. The molecule has 2 aromatic heterocycles. The molecule has 33 heavy (non-hydrogen) atoms. The number of nitrogens with two attached hydrogens (primary N) is 1. The van der Waals surface area contributed by atoms with Gasteiger partial charge in [-0.25, -0.2) is 14.8 Å². The van der Waals surface area contributed by atoms with E-state index in [0.717, 1.165) is 11.1 Å². The van der Waals surface area contributed by atoms with Gasteiger partial charge in [0.1, 0.15) is 29.3 Å². The lowest BCUT2D eigenvalue weighted by Gasteiger charge is -2.13. The highest BCUT2D eigenvalue weighted by Crippen LogP contribution is 2.35. The maximum absolute atomic E-state index is 13.2. The highest BCUT2D eigenvalue weighted by atomic mass is 16.5. The number of ether oxygens (including phenoxy) is 2. The van der Waals surface area contributed by atoms with E-state index < -0.39 is 5.97 Å². The molecule has 0 amide bonds. The largest absolute Gasteiger partial charge is 0.495 e. The van der Waals surface area contributed by atoms with Crippen LogP contribution in [0.1, 0.15) is 21.5 Å². The fourth-order valence-electron chi connectivity index (χ4n) is 3.88. The van der Waals surface area contributed by atoms with Gasteiger partial charge in [-0.05, 0) is 42.3 Å². The molecule has 2 heterocycles. The van der Waals surface area contributed by atoms with Crippen LogP contribution in [-0.4, -0.2) is 27.6 Å². The van der Waals surface area contributed by atoms with Gasteiger partial charge in [0.25, 0.3) is 0 Å². The number of anilines is 1. The zero-order chi connectivity index (χ0) is 22.9. The van der Waals surface area contributed by atoms with E-state index in [1.54, 1.807) is 11.7 Å². The third-order valence-electron chi connectivity index (χ3n) is 5.49. The number of fused-ring (bicyclic) bond motifs is 2. The molecular formula is C26H22N4O3. The van der Waals surface area contributed by atoms with Crippen molar-refractivity contribution in [3.63, 3.8) is 0 Å². The highest BCUT2D eigenvalue weighted by Gasteiger charge is 2.27. The molecule has 0 radical (unpaired) electrons. The van der Waals surface area contributed by atoms with E-state index in [-0.39, 0.29) is 18.0 Å². The monoisotopic (exact) mass is 438 g/mol. The molecule has 7 nitrogen and oxygen atoms in total. The number of carbonyl (C=O) groups is 1. The summed E-state index contributed by atoms with van der Waals surface area (Å²) in [4.78, 5) is 22.8. The zero-order valence-corrected chi connectivity index (χ0v) is 18.3. The quantitative estimate of drug-likeness (QED) is 0.395. The Morgan fingerprint density at radius 1 is 0.970 bits per heavy atom. The lowest BCUT2D eigenvalue weighted by Crippen LogP contribution is -2.10. The smallest absolute Gasteiger partial charge is 0.344 e. The van der Waals surface area contributed by atoms with Crippen molar-refractivity contribution in [2.75, 3.05) is 12.8 Å². The second kappa shape index (κ2) is 8.27. The van der Waals surface area contributed by atoms with Crippen LogP contribution in [0.4, 0.5) is 5.82 Å². The number of rotatable bonds is 5. The normalized spacial score (nSPS) is 11.1. The van der Waals surface area contributed by atoms with Crippen LogP contribution in [0, 0.1) is 6.92 Å². The molecule has 7 heteroatoms. The van der Waals surface area contributed by atoms with E-state index >= 15 is 0 Å². The number of methoxy groups -OCH3 is 1. The fraction of sp³-hybridized carbons (Fsp3) is 0.115. The average Bonchev–Trinajstić information content (AvgIpc) is 3.12. The van der Waals surface area contributed by atoms with Crippen molar-refractivity contribution in [2.45, 2.75) is 13.5 Å². The molecule has 0 spiro atoms. The van der Waals surface area contributed by atoms with Gasteiger partial charge in [-0.2, -0.15) is 0 Å². The van der Waals surface area contributed by atoms with Crippen LogP contribution in [0.25, 0.3) is 27.9 Å². The second-order valence-corrected chi connectivity index (χ2v) is 7.72. The number of carbonyl (C=O) groups excluding carboxylic acids is 1. The third-order valence-corrected chi connectivity index (χ3v) is 5.49. The summed E-state index contributed by atoms with van der Waals surface area (Å²) < 4.78 is 12.9. The van der Waals surface area contributed by atoms with Gasteiger partial charge in [-0.1, -0.05) is 48.5 Å². The average molecular weight is 438 g/mol. The van der Waals surface area contributed by atoms with Crippen molar-refractivity contribution < 1.29 is 14.3 Å². The molecule has 0 aliphatic carbocycles. The second-order valence-electron chi connectivity index (χ2n) is 7.72. The minimum Gasteiger partial charge on any atom is -0.495 e. The van der Waals surface area contributed by atoms with E-state index in [1.807, 2.05) is 79.7 Å². The minimum atomic E-state index is -0.559. The van der Waals surface area contributed by atoms with Crippen LogP contribution in [0.2, 0.25) is 0 Å². The third kappa shape index (κ3) is 3.63. The van der Waals surface area contributed by atoms with Crippen molar-refractivity contribution in [1.29, 1.82) is 0 Å². The van der Waals surface area contributed by atoms with Crippen molar-refractivity contribution in [2.24, 2.45) is 0 Å². The summed E-state index contributed by atoms with van der Waals surface area (Å²) in [6, 6.07) is 22.7. The summed E-state index contributed by atoms with van der Waals surface area (Å²) in [7, 11) is 1.59. The number of esters is 1. The molecular weight excluding hydrogens is 416 g/mol. The summed E-state index contributed by atoms with van der Waals surface area (Å²) in [6.07, 6.45) is 0. The maximum Gasteiger partial charge on any atom is 0.344 e. The van der Waals surface area contributed by atoms with Gasteiger partial charge in [0.2, 0.25) is 0 Å². The Morgan fingerprint density at radius 2 is 1.67 bits per heavy atom. The molecule has 0 saturated heterocycles. The van der Waals surface area contributed by atoms with Gasteiger partial charge >= 0.3 is 5.97 Å². The number of nitrogens with zero attached hydrogens (tertiary/aromatic N) is 3. The van der Waals surface area contributed by atoms with Crippen LogP contribution >= 0.6 is 0 Å². The molecule has 5 aromatic rings. The van der Waals surface area contributed by atoms with Gasteiger partial charge in [-0.3, -0.25) is 4.57 Å². The summed E-state index contributed by atoms with van der Waals surface area (Å²) in [6.45, 7) is 2.10. The van der Waals surface area contributed by atoms with Crippen LogP contribution in [0.3, 0.4) is 0 Å². The Balaban J connectivity index is 1.72. The summed E-state index contributed by atoms with van der Waals surface area (Å²) >= 11 is 0. The number of aryl methyl sites for hydroxylation is 1. The van der Waals surface area contributed by atoms with Crippen molar-refractivity contribution in [3.05, 3.63) is 89.5 Å². The van der Waals surface area contributed by atoms with Crippen molar-refractivity contribution >= 4 is 34.0 Å². The van der Waals surface area contributed by atoms with Gasteiger partial charge in [-0.15, -0.1) is 0 Å². The molecule has 5 rings (SSSR count). The Kier molecular flexibility index (Phi) is 5.14. The summed E-state index contributed by atoms with van der Waals surface area (Å²) in [5, 5.41) is 0. The first kappa shape index (κ1) is 20.5. The number of para-hydroxylation sites is 2. The molecule has 0 unspecified atom stereocenters. The number of benzene rings is 3. The molecule has 164 valence electrons. The molecule has 0 atom stereocenters. The van der Waals surface area contributed by atoms with E-state index in [2.05, 4.69) is 0 Å². The van der Waals surface area contributed by atoms with E-state index in [1.165, 1.54) is 0 Å². The Morgan fingerprint density at radius 3 is 2.39 bits per heavy atom. The lowest BCUT2D eigenvalue weighted by molar-refractivity contribution is 0.0476. The predicted octanol–water partition coefficient (Wildman–Crippen LogP) is 4.83. The fourth-order valence-corrected chi connectivity index (χ4v) is 3.88. The summed E-state index contributed by atoms with van der Waals surface area (Å²) in [5.41, 5.74) is 11.5.